The van der Waals surface area contributed by atoms with Gasteiger partial charge in [-0.05, 0) is 51.7 Å². The number of hydrogen-bond donors (Lipinski definition) is 0. The number of hydrogen-bond acceptors (Lipinski definition) is 3. The fourth-order valence-electron chi connectivity index (χ4n) is 5.76. The van der Waals surface area contributed by atoms with Gasteiger partial charge in [-0.1, -0.05) is 128 Å². The van der Waals surface area contributed by atoms with E-state index in [1.54, 1.807) is 24.4 Å². The molecular formula is C45H38IrN2OSi-2. The van der Waals surface area contributed by atoms with Gasteiger partial charge < -0.3 is 14.4 Å². The molecule has 0 aliphatic rings. The Bertz CT molecular complexity index is 2530. The average Bonchev–Trinajstić information content (AvgIpc) is 3.56. The van der Waals surface area contributed by atoms with Gasteiger partial charge in [-0.25, -0.2) is 0 Å². The Kier molecular flexibility index (Phi) is 8.30. The average molecular weight is 849 g/mol. The molecule has 8 rings (SSSR count). The summed E-state index contributed by atoms with van der Waals surface area (Å²) in [5.74, 6) is 0. The second-order valence-corrected chi connectivity index (χ2v) is 18.0. The van der Waals surface area contributed by atoms with Crippen LogP contribution >= 0.6 is 0 Å². The van der Waals surface area contributed by atoms with Crippen LogP contribution in [-0.2, 0) is 20.1 Å². The van der Waals surface area contributed by atoms with E-state index in [4.69, 9.17) is 12.6 Å². The van der Waals surface area contributed by atoms with Crippen molar-refractivity contribution in [3.05, 3.63) is 163 Å². The van der Waals surface area contributed by atoms with E-state index in [1.165, 1.54) is 11.3 Å². The molecule has 3 nitrogen and oxygen atoms in total. The van der Waals surface area contributed by atoms with Gasteiger partial charge in [-0.15, -0.1) is 53.6 Å². The maximum Gasteiger partial charge on any atom is 0.121 e. The van der Waals surface area contributed by atoms with Gasteiger partial charge in [-0.2, -0.15) is 0 Å². The molecule has 8 aromatic rings. The third-order valence-electron chi connectivity index (χ3n) is 8.50. The first-order valence-corrected chi connectivity index (χ1v) is 19.6. The molecular weight excluding hydrogens is 805 g/mol. The number of fused-ring (bicyclic) bond motifs is 3. The monoisotopic (exact) mass is 849 g/mol. The van der Waals surface area contributed by atoms with Crippen LogP contribution in [0.3, 0.4) is 0 Å². The standard InChI is InChI=1S/C30H20NO.C15H18NSi.Ir/c1-20-17-28(31-19-27(20)22-11-6-3-7-12-22)26-14-8-13-25-24-16-15-23(18-29(24)32-30(25)26)21-9-4-2-5-10-21;1-12-5-7-13(8-6-12)15-10-9-14(11-16-15)17(2,3)4;/h2-13,15-19H,1H3;5-7,9-11H,1-4H3;/q2*-1;/i2*1D3;. The van der Waals surface area contributed by atoms with Crippen LogP contribution < -0.4 is 5.19 Å². The van der Waals surface area contributed by atoms with Crippen LogP contribution in [0.5, 0.6) is 0 Å². The van der Waals surface area contributed by atoms with Crippen LogP contribution in [0.15, 0.2) is 144 Å². The van der Waals surface area contributed by atoms with Gasteiger partial charge in [0.2, 0.25) is 0 Å². The Hall–Kier alpha value is -4.93. The SMILES string of the molecule is [2H]C([2H])([2H])c1c[c-]c(-c2ccc([Si](C)(C)C)cn2)cc1.[2H]C([2H])([2H])c1cc(-c2[c-]ccc3c2oc2cc(-c4ccccc4)ccc23)ncc1-c1ccccc1.[Ir]. The zero-order chi connectivity index (χ0) is 39.0. The van der Waals surface area contributed by atoms with E-state index in [0.717, 1.165) is 44.3 Å². The minimum Gasteiger partial charge on any atom is -0.501 e. The second kappa shape index (κ2) is 14.9. The van der Waals surface area contributed by atoms with Crippen LogP contribution in [0.4, 0.5) is 0 Å². The Morgan fingerprint density at radius 3 is 2.08 bits per heavy atom. The van der Waals surface area contributed by atoms with Crippen molar-refractivity contribution in [2.45, 2.75) is 33.3 Å². The first-order chi connectivity index (χ1) is 26.2. The van der Waals surface area contributed by atoms with E-state index in [9.17, 15) is 0 Å². The predicted molar refractivity (Wildman–Crippen MR) is 208 cm³/mol. The van der Waals surface area contributed by atoms with Gasteiger partial charge in [0, 0.05) is 51.7 Å². The van der Waals surface area contributed by atoms with Gasteiger partial charge in [0.25, 0.3) is 0 Å². The van der Waals surface area contributed by atoms with Gasteiger partial charge in [-0.3, -0.25) is 0 Å². The minimum absolute atomic E-state index is 0. The zero-order valence-electron chi connectivity index (χ0n) is 33.9. The number of aryl methyl sites for hydroxylation is 2. The Morgan fingerprint density at radius 2 is 1.42 bits per heavy atom. The van der Waals surface area contributed by atoms with Crippen LogP contribution in [0.25, 0.3) is 66.7 Å². The van der Waals surface area contributed by atoms with E-state index < -0.39 is 21.8 Å². The molecule has 0 bridgehead atoms. The molecule has 0 saturated carbocycles. The summed E-state index contributed by atoms with van der Waals surface area (Å²) < 4.78 is 52.8. The smallest absolute Gasteiger partial charge is 0.121 e. The topological polar surface area (TPSA) is 38.9 Å². The third-order valence-corrected chi connectivity index (χ3v) is 10.5. The summed E-state index contributed by atoms with van der Waals surface area (Å²) in [6.07, 6.45) is 3.56. The molecule has 50 heavy (non-hydrogen) atoms. The summed E-state index contributed by atoms with van der Waals surface area (Å²) in [5, 5.41) is 3.24. The number of nitrogens with zero attached hydrogens (tertiary/aromatic N) is 2. The summed E-state index contributed by atoms with van der Waals surface area (Å²) in [5.41, 5.74) is 8.36. The molecule has 3 heterocycles. The van der Waals surface area contributed by atoms with Crippen molar-refractivity contribution >= 4 is 35.2 Å². The summed E-state index contributed by atoms with van der Waals surface area (Å²) in [6.45, 7) is 2.46. The molecule has 5 heteroatoms. The first-order valence-electron chi connectivity index (χ1n) is 19.1. The number of furan rings is 1. The van der Waals surface area contributed by atoms with Gasteiger partial charge >= 0.3 is 0 Å². The van der Waals surface area contributed by atoms with Crippen LogP contribution in [0.2, 0.25) is 19.6 Å². The van der Waals surface area contributed by atoms with Gasteiger partial charge in [0.15, 0.2) is 0 Å². The molecule has 1 radical (unpaired) electrons. The van der Waals surface area contributed by atoms with Crippen LogP contribution in [0, 0.1) is 25.8 Å². The normalized spacial score (nSPS) is 13.4. The molecule has 0 unspecified atom stereocenters. The van der Waals surface area contributed by atoms with E-state index in [2.05, 4.69) is 72.1 Å². The molecule has 0 saturated heterocycles. The third kappa shape index (κ3) is 7.46. The maximum absolute atomic E-state index is 8.15. The van der Waals surface area contributed by atoms with Crippen LogP contribution in [0.1, 0.15) is 19.4 Å². The van der Waals surface area contributed by atoms with E-state index in [0.29, 0.717) is 28.0 Å². The summed E-state index contributed by atoms with van der Waals surface area (Å²) in [6, 6.07) is 46.5. The molecule has 3 aromatic heterocycles. The predicted octanol–water partition coefficient (Wildman–Crippen LogP) is 11.5. The number of rotatable bonds is 5. The summed E-state index contributed by atoms with van der Waals surface area (Å²) in [4.78, 5) is 9.11. The summed E-state index contributed by atoms with van der Waals surface area (Å²) in [7, 11) is -1.34. The van der Waals surface area contributed by atoms with Crippen molar-refractivity contribution < 1.29 is 32.7 Å². The molecule has 0 aliphatic carbocycles. The zero-order valence-corrected chi connectivity index (χ0v) is 31.3. The molecule has 0 amide bonds. The van der Waals surface area contributed by atoms with Crippen molar-refractivity contribution in [2.24, 2.45) is 0 Å². The quantitative estimate of drug-likeness (QED) is 0.128. The molecule has 0 fully saturated rings. The van der Waals surface area contributed by atoms with Gasteiger partial charge in [0.05, 0.1) is 13.7 Å². The van der Waals surface area contributed by atoms with Crippen molar-refractivity contribution in [3.8, 4) is 44.8 Å². The number of benzene rings is 5. The van der Waals surface area contributed by atoms with Crippen molar-refractivity contribution in [1.29, 1.82) is 0 Å². The van der Waals surface area contributed by atoms with E-state index >= 15 is 0 Å². The Morgan fingerprint density at radius 1 is 0.660 bits per heavy atom. The van der Waals surface area contributed by atoms with Crippen LogP contribution in [-0.4, -0.2) is 18.0 Å². The minimum atomic E-state index is -2.30. The molecule has 5 aromatic carbocycles. The van der Waals surface area contributed by atoms with E-state index in [1.807, 2.05) is 79.0 Å². The number of pyridine rings is 2. The number of aromatic nitrogens is 2. The first kappa shape index (κ1) is 27.8. The second-order valence-electron chi connectivity index (χ2n) is 12.9. The van der Waals surface area contributed by atoms with E-state index in [-0.39, 0.29) is 25.7 Å². The fourth-order valence-corrected chi connectivity index (χ4v) is 6.80. The largest absolute Gasteiger partial charge is 0.501 e. The molecule has 249 valence electrons. The van der Waals surface area contributed by atoms with Crippen molar-refractivity contribution in [1.82, 2.24) is 9.97 Å². The van der Waals surface area contributed by atoms with Crippen molar-refractivity contribution in [2.75, 3.05) is 0 Å². The van der Waals surface area contributed by atoms with Gasteiger partial charge in [0.1, 0.15) is 5.58 Å². The Balaban J connectivity index is 0.000000217. The van der Waals surface area contributed by atoms with Crippen molar-refractivity contribution in [3.63, 3.8) is 0 Å². The molecule has 0 aliphatic heterocycles. The molecule has 0 atom stereocenters. The molecule has 0 N–H and O–H groups in total. The molecule has 0 spiro atoms. The summed E-state index contributed by atoms with van der Waals surface area (Å²) >= 11 is 0. The fraction of sp³-hybridized carbons (Fsp3) is 0.111. The maximum atomic E-state index is 8.15. The Labute approximate surface area is 317 Å².